The summed E-state index contributed by atoms with van der Waals surface area (Å²) in [6, 6.07) is 11.4. The Bertz CT molecular complexity index is 734. The summed E-state index contributed by atoms with van der Waals surface area (Å²) in [5.74, 6) is -0.246. The summed E-state index contributed by atoms with van der Waals surface area (Å²) in [4.78, 5) is 12.1. The maximum Gasteiger partial charge on any atom is 0.257 e. The number of benzene rings is 2. The second-order valence-corrected chi connectivity index (χ2v) is 4.23. The number of rotatable bonds is 2. The number of aromatic amines is 1. The first-order chi connectivity index (χ1) is 9.24. The van der Waals surface area contributed by atoms with Gasteiger partial charge in [0.2, 0.25) is 0 Å². The van der Waals surface area contributed by atoms with Gasteiger partial charge in [-0.25, -0.2) is 0 Å². The summed E-state index contributed by atoms with van der Waals surface area (Å²) < 4.78 is 0. The molecule has 0 saturated heterocycles. The summed E-state index contributed by atoms with van der Waals surface area (Å²) in [6.07, 6.45) is 3.14. The molecule has 0 aliphatic carbocycles. The summed E-state index contributed by atoms with van der Waals surface area (Å²) >= 11 is 0. The molecule has 5 nitrogen and oxygen atoms in total. The monoisotopic (exact) mass is 252 g/mol. The van der Waals surface area contributed by atoms with Gasteiger partial charge in [-0.15, -0.1) is 0 Å². The third-order valence-corrected chi connectivity index (χ3v) is 2.92. The minimum Gasteiger partial charge on any atom is -0.398 e. The van der Waals surface area contributed by atoms with Crippen LogP contribution in [0, 0.1) is 0 Å². The van der Waals surface area contributed by atoms with Crippen molar-refractivity contribution in [3.63, 3.8) is 0 Å². The Hall–Kier alpha value is -2.82. The predicted molar refractivity (Wildman–Crippen MR) is 74.9 cm³/mol. The molecule has 1 heterocycles. The van der Waals surface area contributed by atoms with Gasteiger partial charge in [-0.3, -0.25) is 9.89 Å². The van der Waals surface area contributed by atoms with Crippen molar-refractivity contribution in [2.75, 3.05) is 11.1 Å². The van der Waals surface area contributed by atoms with E-state index in [-0.39, 0.29) is 5.91 Å². The van der Waals surface area contributed by atoms with Crippen LogP contribution in [0.5, 0.6) is 0 Å². The van der Waals surface area contributed by atoms with Crippen LogP contribution in [-0.4, -0.2) is 16.1 Å². The van der Waals surface area contributed by atoms with Crippen LogP contribution in [0.25, 0.3) is 10.8 Å². The maximum atomic E-state index is 12.1. The highest BCUT2D eigenvalue weighted by Gasteiger charge is 2.11. The van der Waals surface area contributed by atoms with E-state index in [2.05, 4.69) is 15.5 Å². The van der Waals surface area contributed by atoms with E-state index in [1.165, 1.54) is 6.20 Å². The number of nitrogens with zero attached hydrogens (tertiary/aromatic N) is 1. The highest BCUT2D eigenvalue weighted by Crippen LogP contribution is 2.22. The normalized spacial score (nSPS) is 10.5. The second-order valence-electron chi connectivity index (χ2n) is 4.23. The van der Waals surface area contributed by atoms with Gasteiger partial charge in [-0.05, 0) is 22.9 Å². The molecule has 0 bridgehead atoms. The molecule has 94 valence electrons. The van der Waals surface area contributed by atoms with E-state index in [9.17, 15) is 4.79 Å². The van der Waals surface area contributed by atoms with Crippen LogP contribution in [0.2, 0.25) is 0 Å². The fourth-order valence-corrected chi connectivity index (χ4v) is 1.97. The molecule has 19 heavy (non-hydrogen) atoms. The first-order valence-electron chi connectivity index (χ1n) is 5.82. The number of aromatic nitrogens is 2. The highest BCUT2D eigenvalue weighted by atomic mass is 16.1. The Morgan fingerprint density at radius 2 is 1.95 bits per heavy atom. The first-order valence-corrected chi connectivity index (χ1v) is 5.82. The summed E-state index contributed by atoms with van der Waals surface area (Å²) in [6.45, 7) is 0. The zero-order valence-electron chi connectivity index (χ0n) is 10.1. The summed E-state index contributed by atoms with van der Waals surface area (Å²) in [5.41, 5.74) is 7.46. The maximum absolute atomic E-state index is 12.1. The average molecular weight is 252 g/mol. The topological polar surface area (TPSA) is 83.8 Å². The molecule has 0 aliphatic heterocycles. The Kier molecular flexibility index (Phi) is 2.64. The number of amides is 1. The lowest BCUT2D eigenvalue weighted by Crippen LogP contribution is -2.13. The number of carbonyl (C=O) groups is 1. The highest BCUT2D eigenvalue weighted by molar-refractivity contribution is 6.10. The fourth-order valence-electron chi connectivity index (χ4n) is 1.97. The molecule has 0 radical (unpaired) electrons. The predicted octanol–water partition coefficient (Wildman–Crippen LogP) is 2.40. The van der Waals surface area contributed by atoms with Crippen LogP contribution >= 0.6 is 0 Å². The van der Waals surface area contributed by atoms with E-state index in [1.54, 1.807) is 18.3 Å². The van der Waals surface area contributed by atoms with Gasteiger partial charge < -0.3 is 11.1 Å². The molecule has 1 aromatic heterocycles. The van der Waals surface area contributed by atoms with E-state index in [0.29, 0.717) is 16.9 Å². The van der Waals surface area contributed by atoms with Crippen LogP contribution in [0.1, 0.15) is 10.4 Å². The van der Waals surface area contributed by atoms with E-state index in [1.807, 2.05) is 24.3 Å². The molecular formula is C14H12N4O. The molecule has 0 spiro atoms. The van der Waals surface area contributed by atoms with Crippen molar-refractivity contribution in [3.8, 4) is 0 Å². The van der Waals surface area contributed by atoms with Crippen molar-refractivity contribution in [3.05, 3.63) is 54.4 Å². The van der Waals surface area contributed by atoms with Gasteiger partial charge in [-0.1, -0.05) is 24.3 Å². The molecule has 0 saturated carbocycles. The van der Waals surface area contributed by atoms with Crippen molar-refractivity contribution in [2.24, 2.45) is 0 Å². The van der Waals surface area contributed by atoms with Gasteiger partial charge in [0.15, 0.2) is 0 Å². The smallest absolute Gasteiger partial charge is 0.257 e. The largest absolute Gasteiger partial charge is 0.398 e. The van der Waals surface area contributed by atoms with Crippen LogP contribution in [0.15, 0.2) is 48.8 Å². The molecule has 0 fully saturated rings. The Labute approximate surface area is 109 Å². The lowest BCUT2D eigenvalue weighted by atomic mass is 10.0. The molecule has 0 atom stereocenters. The minimum atomic E-state index is -0.246. The summed E-state index contributed by atoms with van der Waals surface area (Å²) in [7, 11) is 0. The van der Waals surface area contributed by atoms with Crippen molar-refractivity contribution >= 4 is 28.1 Å². The second kappa shape index (κ2) is 4.45. The molecule has 0 aliphatic rings. The number of anilines is 2. The molecule has 0 unspecified atom stereocenters. The molecular weight excluding hydrogens is 240 g/mol. The zero-order chi connectivity index (χ0) is 13.2. The van der Waals surface area contributed by atoms with Gasteiger partial charge in [0.05, 0.1) is 17.4 Å². The van der Waals surface area contributed by atoms with E-state index in [4.69, 9.17) is 5.73 Å². The Morgan fingerprint density at radius 1 is 1.21 bits per heavy atom. The number of carbonyl (C=O) groups excluding carboxylic acids is 1. The number of hydrogen-bond donors (Lipinski definition) is 3. The van der Waals surface area contributed by atoms with Crippen molar-refractivity contribution in [2.45, 2.75) is 0 Å². The molecule has 3 aromatic rings. The number of hydrogen-bond acceptors (Lipinski definition) is 3. The van der Waals surface area contributed by atoms with Gasteiger partial charge in [0, 0.05) is 11.9 Å². The van der Waals surface area contributed by atoms with Crippen LogP contribution in [0.4, 0.5) is 11.4 Å². The average Bonchev–Trinajstić information content (AvgIpc) is 2.90. The number of H-pyrrole nitrogens is 1. The SMILES string of the molecule is Nc1cc2ccccc2cc1C(=O)Nc1cn[nH]c1. The number of nitrogen functional groups attached to an aromatic ring is 1. The van der Waals surface area contributed by atoms with E-state index >= 15 is 0 Å². The third kappa shape index (κ3) is 2.13. The fraction of sp³-hybridized carbons (Fsp3) is 0. The van der Waals surface area contributed by atoms with Gasteiger partial charge >= 0.3 is 0 Å². The third-order valence-electron chi connectivity index (χ3n) is 2.92. The van der Waals surface area contributed by atoms with Crippen LogP contribution in [0.3, 0.4) is 0 Å². The van der Waals surface area contributed by atoms with Crippen molar-refractivity contribution in [1.29, 1.82) is 0 Å². The van der Waals surface area contributed by atoms with Crippen LogP contribution < -0.4 is 11.1 Å². The summed E-state index contributed by atoms with van der Waals surface area (Å²) in [5, 5.41) is 11.1. The van der Waals surface area contributed by atoms with E-state index in [0.717, 1.165) is 10.8 Å². The molecule has 5 heteroatoms. The van der Waals surface area contributed by atoms with Gasteiger partial charge in [-0.2, -0.15) is 5.10 Å². The van der Waals surface area contributed by atoms with Crippen molar-refractivity contribution < 1.29 is 4.79 Å². The Morgan fingerprint density at radius 3 is 2.63 bits per heavy atom. The molecule has 1 amide bonds. The first kappa shape index (κ1) is 11.3. The molecule has 4 N–H and O–H groups in total. The quantitative estimate of drug-likeness (QED) is 0.612. The number of nitrogens with one attached hydrogen (secondary N) is 2. The number of nitrogens with two attached hydrogens (primary N) is 1. The van der Waals surface area contributed by atoms with Crippen LogP contribution in [-0.2, 0) is 0 Å². The van der Waals surface area contributed by atoms with Gasteiger partial charge in [0.25, 0.3) is 5.91 Å². The zero-order valence-corrected chi connectivity index (χ0v) is 10.1. The molecule has 2 aromatic carbocycles. The lowest BCUT2D eigenvalue weighted by molar-refractivity contribution is 0.102. The van der Waals surface area contributed by atoms with Crippen molar-refractivity contribution in [1.82, 2.24) is 10.2 Å². The number of fused-ring (bicyclic) bond motifs is 1. The van der Waals surface area contributed by atoms with Gasteiger partial charge in [0.1, 0.15) is 0 Å². The molecule has 3 rings (SSSR count). The standard InChI is InChI=1S/C14H12N4O/c15-13-6-10-4-2-1-3-9(10)5-12(13)14(19)18-11-7-16-17-8-11/h1-8H,15H2,(H,16,17)(H,18,19). The van der Waals surface area contributed by atoms with E-state index < -0.39 is 0 Å². The minimum absolute atomic E-state index is 0.246. The lowest BCUT2D eigenvalue weighted by Gasteiger charge is -2.07. The Balaban J connectivity index is 1.99.